The summed E-state index contributed by atoms with van der Waals surface area (Å²) in [4.78, 5) is 30.3. The number of benzene rings is 1. The number of alkyl halides is 3. The van der Waals surface area contributed by atoms with Crippen LogP contribution in [0, 0.1) is 0 Å². The summed E-state index contributed by atoms with van der Waals surface area (Å²) in [5.74, 6) is -1.56. The largest absolute Gasteiger partial charge is 0.416 e. The molecule has 0 saturated carbocycles. The standard InChI is InChI=1S/C14H5Cl2F3N2O2/c15-7-8(16)12(23)10-9(11(7)22)20-13(21-10)5-2-1-3-6(4-5)14(17,18)19/h1-4H,(H,20,21). The second-order valence-electron chi connectivity index (χ2n) is 4.67. The van der Waals surface area contributed by atoms with Crippen molar-refractivity contribution in [2.75, 3.05) is 0 Å². The van der Waals surface area contributed by atoms with Crippen molar-refractivity contribution < 1.29 is 22.8 Å². The molecule has 0 amide bonds. The fourth-order valence-electron chi connectivity index (χ4n) is 2.09. The van der Waals surface area contributed by atoms with Crippen LogP contribution in [0.2, 0.25) is 0 Å². The van der Waals surface area contributed by atoms with Crippen LogP contribution >= 0.6 is 23.2 Å². The van der Waals surface area contributed by atoms with Crippen molar-refractivity contribution in [3.63, 3.8) is 0 Å². The van der Waals surface area contributed by atoms with E-state index in [2.05, 4.69) is 9.97 Å². The van der Waals surface area contributed by atoms with Gasteiger partial charge in [-0.1, -0.05) is 35.3 Å². The molecule has 0 fully saturated rings. The van der Waals surface area contributed by atoms with Crippen LogP contribution in [0.5, 0.6) is 0 Å². The summed E-state index contributed by atoms with van der Waals surface area (Å²) in [7, 11) is 0. The quantitative estimate of drug-likeness (QED) is 0.830. The number of allylic oxidation sites excluding steroid dienone is 2. The van der Waals surface area contributed by atoms with Gasteiger partial charge in [-0.15, -0.1) is 0 Å². The van der Waals surface area contributed by atoms with E-state index in [1.165, 1.54) is 12.1 Å². The predicted octanol–water partition coefficient (Wildman–Crippen LogP) is 4.16. The van der Waals surface area contributed by atoms with E-state index in [9.17, 15) is 22.8 Å². The molecular weight excluding hydrogens is 356 g/mol. The second kappa shape index (κ2) is 5.21. The minimum Gasteiger partial charge on any atom is -0.335 e. The van der Waals surface area contributed by atoms with Crippen molar-refractivity contribution >= 4 is 34.8 Å². The maximum atomic E-state index is 12.8. The number of rotatable bonds is 1. The van der Waals surface area contributed by atoms with E-state index in [0.717, 1.165) is 12.1 Å². The van der Waals surface area contributed by atoms with Crippen LogP contribution in [-0.2, 0) is 6.18 Å². The highest BCUT2D eigenvalue weighted by molar-refractivity contribution is 6.59. The second-order valence-corrected chi connectivity index (χ2v) is 5.43. The van der Waals surface area contributed by atoms with E-state index in [1.54, 1.807) is 0 Å². The molecule has 4 nitrogen and oxygen atoms in total. The SMILES string of the molecule is O=C1C(Cl)=C(Cl)C(=O)c2[nH]c(-c3cccc(C(F)(F)F)c3)nc21. The molecule has 0 radical (unpaired) electrons. The highest BCUT2D eigenvalue weighted by atomic mass is 35.5. The molecule has 9 heteroatoms. The van der Waals surface area contributed by atoms with Gasteiger partial charge < -0.3 is 4.98 Å². The molecule has 0 saturated heterocycles. The zero-order valence-electron chi connectivity index (χ0n) is 11.0. The fourth-order valence-corrected chi connectivity index (χ4v) is 2.45. The normalized spacial score (nSPS) is 15.2. The summed E-state index contributed by atoms with van der Waals surface area (Å²) in [6.07, 6.45) is -4.53. The molecule has 0 aliphatic heterocycles. The molecule has 2 aromatic rings. The van der Waals surface area contributed by atoms with Gasteiger partial charge in [0.15, 0.2) is 0 Å². The van der Waals surface area contributed by atoms with E-state index >= 15 is 0 Å². The molecule has 1 aliphatic carbocycles. The number of nitrogens with zero attached hydrogens (tertiary/aromatic N) is 1. The van der Waals surface area contributed by atoms with Gasteiger partial charge in [-0.3, -0.25) is 9.59 Å². The minimum atomic E-state index is -4.53. The lowest BCUT2D eigenvalue weighted by Crippen LogP contribution is -2.17. The lowest BCUT2D eigenvalue weighted by atomic mass is 10.1. The van der Waals surface area contributed by atoms with Gasteiger partial charge in [0, 0.05) is 5.56 Å². The van der Waals surface area contributed by atoms with E-state index in [-0.39, 0.29) is 22.8 Å². The molecule has 23 heavy (non-hydrogen) atoms. The van der Waals surface area contributed by atoms with Crippen LogP contribution in [0.3, 0.4) is 0 Å². The smallest absolute Gasteiger partial charge is 0.335 e. The Morgan fingerprint density at radius 2 is 1.70 bits per heavy atom. The number of Topliss-reactive ketones (excluding diaryl/α,β-unsaturated/α-hetero) is 2. The van der Waals surface area contributed by atoms with Gasteiger partial charge in [-0.2, -0.15) is 13.2 Å². The Balaban J connectivity index is 2.11. The number of halogens is 5. The lowest BCUT2D eigenvalue weighted by Gasteiger charge is -2.07. The monoisotopic (exact) mass is 360 g/mol. The van der Waals surface area contributed by atoms with Crippen LogP contribution in [0.1, 0.15) is 26.5 Å². The number of carbonyl (C=O) groups excluding carboxylic acids is 2. The lowest BCUT2D eigenvalue weighted by molar-refractivity contribution is -0.137. The van der Waals surface area contributed by atoms with Crippen molar-refractivity contribution in [1.82, 2.24) is 9.97 Å². The van der Waals surface area contributed by atoms with Gasteiger partial charge in [-0.05, 0) is 12.1 Å². The molecule has 0 unspecified atom stereocenters. The molecule has 118 valence electrons. The summed E-state index contributed by atoms with van der Waals surface area (Å²) in [5.41, 5.74) is -1.27. The van der Waals surface area contributed by atoms with Crippen LogP contribution in [0.4, 0.5) is 13.2 Å². The molecule has 0 bridgehead atoms. The fraction of sp³-hybridized carbons (Fsp3) is 0.0714. The van der Waals surface area contributed by atoms with Crippen molar-refractivity contribution in [2.24, 2.45) is 0 Å². The van der Waals surface area contributed by atoms with Crippen molar-refractivity contribution in [1.29, 1.82) is 0 Å². The first-order chi connectivity index (χ1) is 10.7. The number of fused-ring (bicyclic) bond motifs is 1. The van der Waals surface area contributed by atoms with Gasteiger partial charge in [-0.25, -0.2) is 4.98 Å². The molecule has 1 aliphatic rings. The number of hydrogen-bond donors (Lipinski definition) is 1. The number of hydrogen-bond acceptors (Lipinski definition) is 3. The number of imidazole rings is 1. The molecular formula is C14H5Cl2F3N2O2. The number of aromatic amines is 1. The highest BCUT2D eigenvalue weighted by Gasteiger charge is 2.35. The Morgan fingerprint density at radius 3 is 2.35 bits per heavy atom. The maximum Gasteiger partial charge on any atom is 0.416 e. The number of ketones is 2. The maximum absolute atomic E-state index is 12.8. The first kappa shape index (κ1) is 15.8. The van der Waals surface area contributed by atoms with Crippen LogP contribution in [-0.4, -0.2) is 21.5 Å². The van der Waals surface area contributed by atoms with Crippen LogP contribution < -0.4 is 0 Å². The summed E-state index contributed by atoms with van der Waals surface area (Å²) < 4.78 is 38.3. The topological polar surface area (TPSA) is 62.8 Å². The summed E-state index contributed by atoms with van der Waals surface area (Å²) >= 11 is 11.3. The third-order valence-corrected chi connectivity index (χ3v) is 4.02. The van der Waals surface area contributed by atoms with Gasteiger partial charge in [0.2, 0.25) is 11.6 Å². The zero-order valence-corrected chi connectivity index (χ0v) is 12.5. The van der Waals surface area contributed by atoms with Crippen molar-refractivity contribution in [3.05, 3.63) is 51.3 Å². The molecule has 1 heterocycles. The Kier molecular flexibility index (Phi) is 3.57. The minimum absolute atomic E-state index is 0.0568. The van der Waals surface area contributed by atoms with E-state index in [1.807, 2.05) is 0 Å². The molecule has 0 atom stereocenters. The number of aromatic nitrogens is 2. The van der Waals surface area contributed by atoms with Gasteiger partial charge in [0.25, 0.3) is 0 Å². The summed E-state index contributed by atoms with van der Waals surface area (Å²) in [6, 6.07) is 4.32. The van der Waals surface area contributed by atoms with Gasteiger partial charge >= 0.3 is 6.18 Å². The Bertz CT molecular complexity index is 843. The van der Waals surface area contributed by atoms with Crippen LogP contribution in [0.25, 0.3) is 11.4 Å². The molecule has 1 N–H and O–H groups in total. The Morgan fingerprint density at radius 1 is 1.04 bits per heavy atom. The molecule has 1 aromatic heterocycles. The van der Waals surface area contributed by atoms with Gasteiger partial charge in [0.05, 0.1) is 5.56 Å². The summed E-state index contributed by atoms with van der Waals surface area (Å²) in [5, 5.41) is -0.922. The number of H-pyrrole nitrogens is 1. The molecule has 0 spiro atoms. The van der Waals surface area contributed by atoms with Crippen LogP contribution in [0.15, 0.2) is 34.3 Å². The van der Waals surface area contributed by atoms with E-state index in [4.69, 9.17) is 23.2 Å². The zero-order chi connectivity index (χ0) is 16.9. The number of carbonyl (C=O) groups is 2. The molecule has 1 aromatic carbocycles. The predicted molar refractivity (Wildman–Crippen MR) is 76.4 cm³/mol. The van der Waals surface area contributed by atoms with E-state index < -0.39 is 33.4 Å². The average Bonchev–Trinajstić information content (AvgIpc) is 2.95. The van der Waals surface area contributed by atoms with Crippen molar-refractivity contribution in [3.8, 4) is 11.4 Å². The molecule has 3 rings (SSSR count). The van der Waals surface area contributed by atoms with Gasteiger partial charge in [0.1, 0.15) is 27.3 Å². The average molecular weight is 361 g/mol. The third-order valence-electron chi connectivity index (χ3n) is 3.20. The Hall–Kier alpha value is -2.12. The van der Waals surface area contributed by atoms with E-state index in [0.29, 0.717) is 0 Å². The first-order valence-electron chi connectivity index (χ1n) is 6.12. The number of nitrogens with one attached hydrogen (secondary N) is 1. The third kappa shape index (κ3) is 2.55. The van der Waals surface area contributed by atoms with Crippen molar-refractivity contribution in [2.45, 2.75) is 6.18 Å². The Labute approximate surface area is 136 Å². The first-order valence-corrected chi connectivity index (χ1v) is 6.88. The highest BCUT2D eigenvalue weighted by Crippen LogP contribution is 2.34. The summed E-state index contributed by atoms with van der Waals surface area (Å²) in [6.45, 7) is 0.